The molecule has 124 valence electrons. The van der Waals surface area contributed by atoms with Crippen LogP contribution in [0.3, 0.4) is 0 Å². The number of benzene rings is 1. The molecule has 2 aliphatic rings. The lowest BCUT2D eigenvalue weighted by Crippen LogP contribution is -2.27. The number of hydrogen-bond acceptors (Lipinski definition) is 5. The van der Waals surface area contributed by atoms with E-state index in [1.54, 1.807) is 0 Å². The van der Waals surface area contributed by atoms with Crippen LogP contribution < -0.4 is 15.8 Å². The zero-order valence-corrected chi connectivity index (χ0v) is 13.5. The van der Waals surface area contributed by atoms with Gasteiger partial charge in [-0.05, 0) is 75.6 Å². The number of ether oxygens (including phenoxy) is 1. The Morgan fingerprint density at radius 2 is 2.00 bits per heavy atom. The summed E-state index contributed by atoms with van der Waals surface area (Å²) in [5, 5.41) is 8.71. The molecule has 5 heteroatoms. The molecule has 1 saturated carbocycles. The summed E-state index contributed by atoms with van der Waals surface area (Å²) in [6.45, 7) is 3.03. The first-order valence-electron chi connectivity index (χ1n) is 8.81. The van der Waals surface area contributed by atoms with Crippen LogP contribution in [0.2, 0.25) is 0 Å². The third-order valence-corrected chi connectivity index (χ3v) is 5.13. The molecule has 0 atom stereocenters. The molecule has 5 nitrogen and oxygen atoms in total. The van der Waals surface area contributed by atoms with Crippen LogP contribution in [0.5, 0.6) is 5.75 Å². The Morgan fingerprint density at radius 3 is 2.78 bits per heavy atom. The highest BCUT2D eigenvalue weighted by Gasteiger charge is 2.23. The van der Waals surface area contributed by atoms with Crippen LogP contribution in [0.25, 0.3) is 11.0 Å². The van der Waals surface area contributed by atoms with E-state index in [9.17, 15) is 0 Å². The van der Waals surface area contributed by atoms with Crippen molar-refractivity contribution in [2.45, 2.75) is 38.5 Å². The summed E-state index contributed by atoms with van der Waals surface area (Å²) in [6, 6.07) is 4.01. The lowest BCUT2D eigenvalue weighted by atomic mass is 9.92. The van der Waals surface area contributed by atoms with Gasteiger partial charge in [-0.1, -0.05) is 5.16 Å². The fourth-order valence-electron chi connectivity index (χ4n) is 3.37. The minimum Gasteiger partial charge on any atom is -0.491 e. The minimum atomic E-state index is 0.587. The number of rotatable bonds is 6. The van der Waals surface area contributed by atoms with E-state index in [-0.39, 0.29) is 0 Å². The van der Waals surface area contributed by atoms with E-state index < -0.39 is 0 Å². The Morgan fingerprint density at radius 1 is 1.17 bits per heavy atom. The van der Waals surface area contributed by atoms with Gasteiger partial charge in [-0.3, -0.25) is 0 Å². The smallest absolute Gasteiger partial charge is 0.193 e. The maximum atomic E-state index is 6.21. The third-order valence-electron chi connectivity index (χ3n) is 5.13. The molecule has 2 heterocycles. The van der Waals surface area contributed by atoms with E-state index in [1.165, 1.54) is 32.1 Å². The molecule has 2 aromatic rings. The van der Waals surface area contributed by atoms with E-state index in [1.807, 2.05) is 12.1 Å². The van der Waals surface area contributed by atoms with Crippen molar-refractivity contribution in [3.05, 3.63) is 17.8 Å². The number of aryl methyl sites for hydroxylation is 1. The van der Waals surface area contributed by atoms with Crippen molar-refractivity contribution >= 4 is 16.7 Å². The van der Waals surface area contributed by atoms with Crippen molar-refractivity contribution in [3.63, 3.8) is 0 Å². The topological polar surface area (TPSA) is 73.3 Å². The van der Waals surface area contributed by atoms with Crippen LogP contribution in [0.15, 0.2) is 16.7 Å². The van der Waals surface area contributed by atoms with Gasteiger partial charge in [0.15, 0.2) is 5.58 Å². The lowest BCUT2D eigenvalue weighted by molar-refractivity contribution is 0.301. The zero-order valence-electron chi connectivity index (χ0n) is 13.5. The van der Waals surface area contributed by atoms with Crippen molar-refractivity contribution in [2.24, 2.45) is 11.8 Å². The molecule has 1 aromatic carbocycles. The second-order valence-electron chi connectivity index (χ2n) is 6.97. The first-order valence-corrected chi connectivity index (χ1v) is 8.81. The highest BCUT2D eigenvalue weighted by Crippen LogP contribution is 2.35. The molecular formula is C18H25N3O2. The van der Waals surface area contributed by atoms with Gasteiger partial charge in [-0.15, -0.1) is 0 Å². The van der Waals surface area contributed by atoms with Crippen molar-refractivity contribution in [1.29, 1.82) is 0 Å². The fraction of sp³-hybridized carbons (Fsp3) is 0.611. The number of anilines is 1. The van der Waals surface area contributed by atoms with Crippen LogP contribution in [0.1, 0.15) is 37.8 Å². The predicted octanol–water partition coefficient (Wildman–Crippen LogP) is 3.13. The summed E-state index contributed by atoms with van der Waals surface area (Å²) in [4.78, 5) is 0. The first kappa shape index (κ1) is 14.8. The van der Waals surface area contributed by atoms with E-state index in [0.717, 1.165) is 48.9 Å². The number of hydrogen-bond donors (Lipinski definition) is 2. The molecule has 4 rings (SSSR count). The zero-order chi connectivity index (χ0) is 15.6. The molecule has 23 heavy (non-hydrogen) atoms. The minimum absolute atomic E-state index is 0.587. The maximum absolute atomic E-state index is 6.21. The summed E-state index contributed by atoms with van der Waals surface area (Å²) in [5.74, 6) is 2.23. The largest absolute Gasteiger partial charge is 0.491 e. The number of nitrogens with two attached hydrogens (primary N) is 1. The fourth-order valence-corrected chi connectivity index (χ4v) is 3.37. The molecule has 0 spiro atoms. The van der Waals surface area contributed by atoms with Gasteiger partial charge in [0.1, 0.15) is 11.4 Å². The summed E-state index contributed by atoms with van der Waals surface area (Å²) >= 11 is 0. The van der Waals surface area contributed by atoms with Crippen LogP contribution in [-0.2, 0) is 6.42 Å². The highest BCUT2D eigenvalue weighted by atomic mass is 16.5. The summed E-state index contributed by atoms with van der Waals surface area (Å²) in [5.41, 5.74) is 8.50. The van der Waals surface area contributed by atoms with Gasteiger partial charge in [-0.25, -0.2) is 0 Å². The monoisotopic (exact) mass is 315 g/mol. The van der Waals surface area contributed by atoms with Crippen molar-refractivity contribution < 1.29 is 9.26 Å². The summed E-state index contributed by atoms with van der Waals surface area (Å²) in [7, 11) is 0. The third kappa shape index (κ3) is 3.29. The SMILES string of the molecule is Nc1c(OCC2CC2)ccc2c(CCC3CCNCC3)noc12. The average molecular weight is 315 g/mol. The molecule has 0 amide bonds. The number of nitrogens with one attached hydrogen (secondary N) is 1. The second-order valence-corrected chi connectivity index (χ2v) is 6.97. The Balaban J connectivity index is 1.46. The normalized spacial score (nSPS) is 19.3. The van der Waals surface area contributed by atoms with E-state index >= 15 is 0 Å². The Hall–Kier alpha value is -1.75. The number of nitrogens with zero attached hydrogens (tertiary/aromatic N) is 1. The molecule has 1 saturated heterocycles. The average Bonchev–Trinajstić information content (AvgIpc) is 3.32. The van der Waals surface area contributed by atoms with Crippen molar-refractivity contribution in [1.82, 2.24) is 10.5 Å². The van der Waals surface area contributed by atoms with Crippen LogP contribution in [0, 0.1) is 11.8 Å². The molecule has 2 fully saturated rings. The van der Waals surface area contributed by atoms with Gasteiger partial charge in [0.25, 0.3) is 0 Å². The standard InChI is InChI=1S/C18H25N3O2/c19-17-16(22-11-13-1-2-13)6-4-14-15(21-23-18(14)17)5-3-12-7-9-20-10-8-12/h4,6,12-13,20H,1-3,5,7-11,19H2. The van der Waals surface area contributed by atoms with Gasteiger partial charge in [0.05, 0.1) is 12.3 Å². The van der Waals surface area contributed by atoms with Crippen LogP contribution in [-0.4, -0.2) is 24.9 Å². The number of aromatic nitrogens is 1. The molecule has 0 radical (unpaired) electrons. The second kappa shape index (κ2) is 6.40. The summed E-state index contributed by atoms with van der Waals surface area (Å²) < 4.78 is 11.3. The highest BCUT2D eigenvalue weighted by molar-refractivity contribution is 5.92. The molecule has 1 aliphatic carbocycles. The van der Waals surface area contributed by atoms with Gasteiger partial charge < -0.3 is 20.3 Å². The van der Waals surface area contributed by atoms with Crippen LogP contribution >= 0.6 is 0 Å². The van der Waals surface area contributed by atoms with Crippen molar-refractivity contribution in [2.75, 3.05) is 25.4 Å². The molecule has 0 unspecified atom stereocenters. The Labute approximate surface area is 136 Å². The van der Waals surface area contributed by atoms with Crippen LogP contribution in [0.4, 0.5) is 5.69 Å². The first-order chi connectivity index (χ1) is 11.3. The van der Waals surface area contributed by atoms with Gasteiger partial charge >= 0.3 is 0 Å². The molecular weight excluding hydrogens is 290 g/mol. The molecule has 3 N–H and O–H groups in total. The number of piperidine rings is 1. The molecule has 0 bridgehead atoms. The van der Waals surface area contributed by atoms with Gasteiger partial charge in [-0.2, -0.15) is 0 Å². The maximum Gasteiger partial charge on any atom is 0.193 e. The van der Waals surface area contributed by atoms with E-state index in [2.05, 4.69) is 10.5 Å². The van der Waals surface area contributed by atoms with E-state index in [0.29, 0.717) is 17.2 Å². The number of nitrogen functional groups attached to an aromatic ring is 1. The molecule has 1 aliphatic heterocycles. The predicted molar refractivity (Wildman–Crippen MR) is 90.6 cm³/mol. The Kier molecular flexibility index (Phi) is 4.12. The quantitative estimate of drug-likeness (QED) is 0.801. The van der Waals surface area contributed by atoms with Gasteiger partial charge in [0, 0.05) is 5.39 Å². The van der Waals surface area contributed by atoms with E-state index in [4.69, 9.17) is 15.0 Å². The summed E-state index contributed by atoms with van der Waals surface area (Å²) in [6.07, 6.45) is 7.19. The van der Waals surface area contributed by atoms with Crippen molar-refractivity contribution in [3.8, 4) is 5.75 Å². The lowest BCUT2D eigenvalue weighted by Gasteiger charge is -2.21. The van der Waals surface area contributed by atoms with Gasteiger partial charge in [0.2, 0.25) is 0 Å². The molecule has 1 aromatic heterocycles. The number of fused-ring (bicyclic) bond motifs is 1. The Bertz CT molecular complexity index is 672.